The number of amides is 1. The quantitative estimate of drug-likeness (QED) is 0.845. The number of aliphatic carboxylic acids is 1. The lowest BCUT2D eigenvalue weighted by Crippen LogP contribution is -2.36. The maximum atomic E-state index is 13.2. The highest BCUT2D eigenvalue weighted by Crippen LogP contribution is 2.36. The molecule has 0 aromatic heterocycles. The van der Waals surface area contributed by atoms with Gasteiger partial charge in [-0.2, -0.15) is 0 Å². The van der Waals surface area contributed by atoms with Crippen LogP contribution in [0.25, 0.3) is 0 Å². The van der Waals surface area contributed by atoms with Gasteiger partial charge in [-0.05, 0) is 43.2 Å². The van der Waals surface area contributed by atoms with E-state index in [1.807, 2.05) is 19.1 Å². The van der Waals surface area contributed by atoms with E-state index in [0.29, 0.717) is 12.1 Å². The molecule has 142 valence electrons. The molecular formula is C19H20N2O5S. The Morgan fingerprint density at radius 2 is 1.89 bits per heavy atom. The van der Waals surface area contributed by atoms with Gasteiger partial charge in [0.15, 0.2) is 0 Å². The predicted molar refractivity (Wildman–Crippen MR) is 100 cm³/mol. The number of sulfonamides is 1. The van der Waals surface area contributed by atoms with Crippen LogP contribution in [0.2, 0.25) is 0 Å². The molecule has 1 unspecified atom stereocenters. The van der Waals surface area contributed by atoms with Crippen molar-refractivity contribution in [2.75, 3.05) is 17.9 Å². The molecule has 1 heterocycles. The number of fused-ring (bicyclic) bond motifs is 1. The minimum absolute atomic E-state index is 0.000582. The standard InChI is InChI=1S/C19H20N2O5S/c1-13-10-14-6-3-4-9-17(14)21(13)27(25,26)16-8-5-7-15(11-16)19(24)20(2)12-18(22)23/h3-9,11,13H,10,12H2,1-2H3,(H,22,23). The number of anilines is 1. The molecule has 0 fully saturated rings. The van der Waals surface area contributed by atoms with Gasteiger partial charge in [-0.3, -0.25) is 13.9 Å². The monoisotopic (exact) mass is 388 g/mol. The van der Waals surface area contributed by atoms with Gasteiger partial charge in [-0.1, -0.05) is 24.3 Å². The number of benzene rings is 2. The zero-order valence-electron chi connectivity index (χ0n) is 15.0. The average molecular weight is 388 g/mol. The molecule has 1 aliphatic rings. The van der Waals surface area contributed by atoms with Gasteiger partial charge in [0.1, 0.15) is 6.54 Å². The van der Waals surface area contributed by atoms with E-state index in [1.54, 1.807) is 12.1 Å². The molecular weight excluding hydrogens is 368 g/mol. The number of carbonyl (C=O) groups is 2. The maximum absolute atomic E-state index is 13.2. The lowest BCUT2D eigenvalue weighted by atomic mass is 10.1. The third-order valence-corrected chi connectivity index (χ3v) is 6.43. The van der Waals surface area contributed by atoms with Gasteiger partial charge in [0.2, 0.25) is 0 Å². The van der Waals surface area contributed by atoms with E-state index in [2.05, 4.69) is 0 Å². The first-order valence-corrected chi connectivity index (χ1v) is 9.85. The van der Waals surface area contributed by atoms with Gasteiger partial charge in [-0.25, -0.2) is 8.42 Å². The molecule has 3 rings (SSSR count). The molecule has 8 heteroatoms. The van der Waals surface area contributed by atoms with Crippen molar-refractivity contribution >= 4 is 27.6 Å². The van der Waals surface area contributed by atoms with Crippen molar-refractivity contribution < 1.29 is 23.1 Å². The minimum Gasteiger partial charge on any atom is -0.480 e. The summed E-state index contributed by atoms with van der Waals surface area (Å²) in [5.74, 6) is -1.69. The van der Waals surface area contributed by atoms with Crippen LogP contribution in [-0.2, 0) is 21.2 Å². The third-order valence-electron chi connectivity index (χ3n) is 4.50. The second-order valence-electron chi connectivity index (χ2n) is 6.57. The van der Waals surface area contributed by atoms with Crippen LogP contribution >= 0.6 is 0 Å². The van der Waals surface area contributed by atoms with E-state index in [4.69, 9.17) is 5.11 Å². The number of nitrogens with zero attached hydrogens (tertiary/aromatic N) is 2. The van der Waals surface area contributed by atoms with Crippen LogP contribution in [0.1, 0.15) is 22.8 Å². The Balaban J connectivity index is 1.97. The van der Waals surface area contributed by atoms with Gasteiger partial charge in [0, 0.05) is 18.7 Å². The molecule has 0 bridgehead atoms. The van der Waals surface area contributed by atoms with Gasteiger partial charge in [-0.15, -0.1) is 0 Å². The van der Waals surface area contributed by atoms with Gasteiger partial charge in [0.05, 0.1) is 10.6 Å². The van der Waals surface area contributed by atoms with E-state index in [9.17, 15) is 18.0 Å². The molecule has 2 aromatic rings. The second kappa shape index (κ2) is 7.03. The van der Waals surface area contributed by atoms with Crippen LogP contribution in [0.15, 0.2) is 53.4 Å². The van der Waals surface area contributed by atoms with Crippen LogP contribution in [-0.4, -0.2) is 49.9 Å². The van der Waals surface area contributed by atoms with Crippen LogP contribution in [0, 0.1) is 0 Å². The van der Waals surface area contributed by atoms with Crippen molar-refractivity contribution in [1.82, 2.24) is 4.90 Å². The van der Waals surface area contributed by atoms with Crippen molar-refractivity contribution in [3.05, 3.63) is 59.7 Å². The number of carboxylic acids is 1. The number of likely N-dealkylation sites (N-methyl/N-ethyl adjacent to an activating group) is 1. The third kappa shape index (κ3) is 3.52. The predicted octanol–water partition coefficient (Wildman–Crippen LogP) is 1.98. The van der Waals surface area contributed by atoms with E-state index in [0.717, 1.165) is 10.5 Å². The summed E-state index contributed by atoms with van der Waals surface area (Å²) < 4.78 is 27.9. The lowest BCUT2D eigenvalue weighted by molar-refractivity contribution is -0.137. The van der Waals surface area contributed by atoms with Gasteiger partial charge in [0.25, 0.3) is 15.9 Å². The van der Waals surface area contributed by atoms with Crippen LogP contribution in [0.5, 0.6) is 0 Å². The Labute approximate surface area is 157 Å². The zero-order chi connectivity index (χ0) is 19.8. The van der Waals surface area contributed by atoms with Crippen LogP contribution in [0.4, 0.5) is 5.69 Å². The Hall–Kier alpha value is -2.87. The number of carbonyl (C=O) groups excluding carboxylic acids is 1. The Morgan fingerprint density at radius 1 is 1.19 bits per heavy atom. The molecule has 1 N–H and O–H groups in total. The molecule has 2 aromatic carbocycles. The fraction of sp³-hybridized carbons (Fsp3) is 0.263. The van der Waals surface area contributed by atoms with Crippen LogP contribution < -0.4 is 4.31 Å². The largest absolute Gasteiger partial charge is 0.480 e. The molecule has 0 saturated heterocycles. The first-order chi connectivity index (χ1) is 12.7. The molecule has 1 aliphatic heterocycles. The number of hydrogen-bond donors (Lipinski definition) is 1. The number of para-hydroxylation sites is 1. The van der Waals surface area contributed by atoms with Crippen molar-refractivity contribution in [1.29, 1.82) is 0 Å². The topological polar surface area (TPSA) is 95.0 Å². The van der Waals surface area contributed by atoms with E-state index in [1.165, 1.54) is 35.6 Å². The summed E-state index contributed by atoms with van der Waals surface area (Å²) in [6.45, 7) is 1.37. The second-order valence-corrected chi connectivity index (χ2v) is 8.38. The molecule has 0 saturated carbocycles. The lowest BCUT2D eigenvalue weighted by Gasteiger charge is -2.25. The fourth-order valence-electron chi connectivity index (χ4n) is 3.30. The zero-order valence-corrected chi connectivity index (χ0v) is 15.8. The summed E-state index contributed by atoms with van der Waals surface area (Å²) >= 11 is 0. The molecule has 1 atom stereocenters. The number of hydrogen-bond acceptors (Lipinski definition) is 4. The number of rotatable bonds is 5. The molecule has 27 heavy (non-hydrogen) atoms. The Kier molecular flexibility index (Phi) is 4.93. The number of carboxylic acid groups (broad SMARTS) is 1. The first-order valence-electron chi connectivity index (χ1n) is 8.41. The highest BCUT2D eigenvalue weighted by Gasteiger charge is 2.36. The molecule has 7 nitrogen and oxygen atoms in total. The average Bonchev–Trinajstić information content (AvgIpc) is 2.97. The summed E-state index contributed by atoms with van der Waals surface area (Å²) in [6, 6.07) is 12.8. The van der Waals surface area contributed by atoms with Crippen LogP contribution in [0.3, 0.4) is 0 Å². The van der Waals surface area contributed by atoms with E-state index < -0.39 is 28.4 Å². The summed E-state index contributed by atoms with van der Waals surface area (Å²) in [6.07, 6.45) is 0.620. The summed E-state index contributed by atoms with van der Waals surface area (Å²) in [7, 11) is -2.50. The van der Waals surface area contributed by atoms with Gasteiger partial charge >= 0.3 is 5.97 Å². The van der Waals surface area contributed by atoms with E-state index in [-0.39, 0.29) is 16.5 Å². The highest BCUT2D eigenvalue weighted by atomic mass is 32.2. The van der Waals surface area contributed by atoms with Crippen molar-refractivity contribution in [3.63, 3.8) is 0 Å². The molecule has 1 amide bonds. The first kappa shape index (κ1) is 18.9. The Morgan fingerprint density at radius 3 is 2.59 bits per heavy atom. The normalized spacial score (nSPS) is 16.1. The summed E-state index contributed by atoms with van der Waals surface area (Å²) in [5.41, 5.74) is 1.73. The van der Waals surface area contributed by atoms with Crippen molar-refractivity contribution in [2.24, 2.45) is 0 Å². The summed E-state index contributed by atoms with van der Waals surface area (Å²) in [5, 5.41) is 8.83. The maximum Gasteiger partial charge on any atom is 0.323 e. The SMILES string of the molecule is CC1Cc2ccccc2N1S(=O)(=O)c1cccc(C(=O)N(C)CC(=O)O)c1. The Bertz CT molecular complexity index is 1000. The summed E-state index contributed by atoms with van der Waals surface area (Å²) in [4.78, 5) is 24.2. The minimum atomic E-state index is -3.86. The molecule has 0 aliphatic carbocycles. The smallest absolute Gasteiger partial charge is 0.323 e. The highest BCUT2D eigenvalue weighted by molar-refractivity contribution is 7.92. The van der Waals surface area contributed by atoms with Gasteiger partial charge < -0.3 is 10.0 Å². The molecule has 0 spiro atoms. The van der Waals surface area contributed by atoms with Crippen molar-refractivity contribution in [3.8, 4) is 0 Å². The fourth-order valence-corrected chi connectivity index (χ4v) is 5.04. The molecule has 0 radical (unpaired) electrons. The van der Waals surface area contributed by atoms with E-state index >= 15 is 0 Å². The van der Waals surface area contributed by atoms with Crippen molar-refractivity contribution in [2.45, 2.75) is 24.3 Å².